The molecule has 0 bridgehead atoms. The Bertz CT molecular complexity index is 585. The monoisotopic (exact) mass is 250 g/mol. The molecule has 5 heteroatoms. The van der Waals surface area contributed by atoms with Crippen LogP contribution in [0.5, 0.6) is 5.75 Å². The van der Waals surface area contributed by atoms with Crippen molar-refractivity contribution in [1.29, 1.82) is 0 Å². The maximum Gasteiger partial charge on any atom is 0.380 e. The maximum atomic E-state index is 11.7. The predicted octanol–water partition coefficient (Wildman–Crippen LogP) is 2.35. The molecule has 0 fully saturated rings. The molecule has 1 aromatic carbocycles. The number of esters is 1. The van der Waals surface area contributed by atoms with Crippen LogP contribution in [0.3, 0.4) is 0 Å². The highest BCUT2D eigenvalue weighted by molar-refractivity contribution is 7.21. The van der Waals surface area contributed by atoms with Gasteiger partial charge in [-0.15, -0.1) is 11.3 Å². The molecule has 2 rings (SSSR count). The Morgan fingerprint density at radius 2 is 2.18 bits per heavy atom. The Balaban J connectivity index is 2.40. The van der Waals surface area contributed by atoms with Crippen LogP contribution in [0, 0.1) is 0 Å². The minimum Gasteiger partial charge on any atom is -0.506 e. The van der Waals surface area contributed by atoms with Crippen LogP contribution < -0.4 is 0 Å². The summed E-state index contributed by atoms with van der Waals surface area (Å²) in [6, 6.07) is 6.58. The first-order chi connectivity index (χ1) is 8.13. The molecule has 0 saturated heterocycles. The molecule has 1 N–H and O–H groups in total. The number of hydrogen-bond donors (Lipinski definition) is 1. The average Bonchev–Trinajstić information content (AvgIpc) is 2.73. The molecule has 2 aromatic rings. The zero-order chi connectivity index (χ0) is 12.4. The van der Waals surface area contributed by atoms with Gasteiger partial charge in [-0.3, -0.25) is 4.79 Å². The molecule has 0 spiro atoms. The smallest absolute Gasteiger partial charge is 0.380 e. The van der Waals surface area contributed by atoms with Crippen molar-refractivity contribution in [3.63, 3.8) is 0 Å². The molecule has 17 heavy (non-hydrogen) atoms. The van der Waals surface area contributed by atoms with Crippen LogP contribution in [0.15, 0.2) is 24.3 Å². The van der Waals surface area contributed by atoms with Crippen molar-refractivity contribution in [2.45, 2.75) is 6.92 Å². The summed E-state index contributed by atoms with van der Waals surface area (Å²) in [5.74, 6) is -1.43. The number of hydrogen-bond acceptors (Lipinski definition) is 5. The topological polar surface area (TPSA) is 63.6 Å². The second-order valence-electron chi connectivity index (χ2n) is 3.36. The number of thiophene rings is 1. The van der Waals surface area contributed by atoms with Crippen LogP contribution in [-0.4, -0.2) is 23.5 Å². The summed E-state index contributed by atoms with van der Waals surface area (Å²) in [6.07, 6.45) is 0. The molecule has 4 nitrogen and oxygen atoms in total. The third-order valence-electron chi connectivity index (χ3n) is 2.21. The lowest BCUT2D eigenvalue weighted by atomic mass is 10.2. The van der Waals surface area contributed by atoms with Crippen molar-refractivity contribution < 1.29 is 19.4 Å². The summed E-state index contributed by atoms with van der Waals surface area (Å²) >= 11 is 1.09. The Labute approximate surface area is 101 Å². The lowest BCUT2D eigenvalue weighted by Crippen LogP contribution is -2.16. The molecule has 1 aromatic heterocycles. The van der Waals surface area contributed by atoms with Crippen LogP contribution in [0.4, 0.5) is 0 Å². The van der Waals surface area contributed by atoms with E-state index in [2.05, 4.69) is 4.74 Å². The minimum atomic E-state index is -0.862. The highest BCUT2D eigenvalue weighted by atomic mass is 32.1. The SMILES string of the molecule is CCOC(=O)C(=O)c1cc2cccc(O)c2s1. The molecular formula is C12H10O4S. The number of phenolic OH excluding ortho intramolecular Hbond substituents is 1. The second-order valence-corrected chi connectivity index (χ2v) is 4.41. The van der Waals surface area contributed by atoms with Gasteiger partial charge in [0.05, 0.1) is 16.2 Å². The van der Waals surface area contributed by atoms with Gasteiger partial charge < -0.3 is 9.84 Å². The number of rotatable bonds is 3. The quantitative estimate of drug-likeness (QED) is 0.516. The lowest BCUT2D eigenvalue weighted by Gasteiger charge is -1.97. The van der Waals surface area contributed by atoms with Gasteiger partial charge in [-0.25, -0.2) is 4.79 Å². The van der Waals surface area contributed by atoms with E-state index in [1.54, 1.807) is 25.1 Å². The van der Waals surface area contributed by atoms with E-state index >= 15 is 0 Å². The first-order valence-corrected chi connectivity index (χ1v) is 5.88. The number of Topliss-reactive ketones (excluding diaryl/α,β-unsaturated/α-hetero) is 1. The van der Waals surface area contributed by atoms with E-state index in [1.807, 2.05) is 0 Å². The van der Waals surface area contributed by atoms with Crippen molar-refractivity contribution in [2.75, 3.05) is 6.61 Å². The maximum absolute atomic E-state index is 11.7. The first kappa shape index (κ1) is 11.6. The minimum absolute atomic E-state index is 0.107. The van der Waals surface area contributed by atoms with Gasteiger partial charge in [0.15, 0.2) is 0 Å². The molecule has 0 unspecified atom stereocenters. The zero-order valence-corrected chi connectivity index (χ0v) is 9.91. The van der Waals surface area contributed by atoms with Gasteiger partial charge in [0, 0.05) is 0 Å². The summed E-state index contributed by atoms with van der Waals surface area (Å²) in [5.41, 5.74) is 0. The fourth-order valence-electron chi connectivity index (χ4n) is 1.46. The van der Waals surface area contributed by atoms with Crippen molar-refractivity contribution in [3.05, 3.63) is 29.1 Å². The first-order valence-electron chi connectivity index (χ1n) is 5.06. The summed E-state index contributed by atoms with van der Waals surface area (Å²) in [5, 5.41) is 10.3. The number of aromatic hydroxyl groups is 1. The highest BCUT2D eigenvalue weighted by Crippen LogP contribution is 2.32. The van der Waals surface area contributed by atoms with E-state index in [9.17, 15) is 14.7 Å². The summed E-state index contributed by atoms with van der Waals surface area (Å²) in [6.45, 7) is 1.81. The van der Waals surface area contributed by atoms with Gasteiger partial charge in [0.2, 0.25) is 0 Å². The van der Waals surface area contributed by atoms with E-state index in [1.165, 1.54) is 6.07 Å². The largest absolute Gasteiger partial charge is 0.506 e. The Kier molecular flexibility index (Phi) is 3.10. The van der Waals surface area contributed by atoms with Crippen molar-refractivity contribution >= 4 is 33.2 Å². The summed E-state index contributed by atoms with van der Waals surface area (Å²) in [4.78, 5) is 23.2. The zero-order valence-electron chi connectivity index (χ0n) is 9.10. The summed E-state index contributed by atoms with van der Waals surface area (Å²) in [7, 11) is 0. The molecular weight excluding hydrogens is 240 g/mol. The molecule has 1 heterocycles. The molecule has 88 valence electrons. The number of benzene rings is 1. The van der Waals surface area contributed by atoms with Gasteiger partial charge in [-0.05, 0) is 24.4 Å². The Morgan fingerprint density at radius 1 is 1.41 bits per heavy atom. The van der Waals surface area contributed by atoms with Crippen molar-refractivity contribution in [3.8, 4) is 5.75 Å². The van der Waals surface area contributed by atoms with Crippen LogP contribution in [0.1, 0.15) is 16.6 Å². The van der Waals surface area contributed by atoms with E-state index in [-0.39, 0.29) is 17.2 Å². The van der Waals surface area contributed by atoms with Crippen LogP contribution in [-0.2, 0) is 9.53 Å². The molecule has 0 saturated carbocycles. The molecule has 0 amide bonds. The lowest BCUT2D eigenvalue weighted by molar-refractivity contribution is -0.137. The van der Waals surface area contributed by atoms with Gasteiger partial charge in [0.25, 0.3) is 5.78 Å². The molecule has 0 aliphatic rings. The van der Waals surface area contributed by atoms with Crippen LogP contribution in [0.25, 0.3) is 10.1 Å². The molecule has 0 radical (unpaired) electrons. The number of fused-ring (bicyclic) bond motifs is 1. The van der Waals surface area contributed by atoms with Crippen LogP contribution >= 0.6 is 11.3 Å². The highest BCUT2D eigenvalue weighted by Gasteiger charge is 2.20. The number of carbonyl (C=O) groups is 2. The third-order valence-corrected chi connectivity index (χ3v) is 3.38. The van der Waals surface area contributed by atoms with E-state index in [0.717, 1.165) is 16.7 Å². The number of ether oxygens (including phenoxy) is 1. The molecule has 0 aliphatic carbocycles. The second kappa shape index (κ2) is 4.55. The molecule has 0 aliphatic heterocycles. The van der Waals surface area contributed by atoms with Gasteiger partial charge in [0.1, 0.15) is 5.75 Å². The van der Waals surface area contributed by atoms with Crippen molar-refractivity contribution in [1.82, 2.24) is 0 Å². The number of carbonyl (C=O) groups excluding carboxylic acids is 2. The third kappa shape index (κ3) is 2.14. The fraction of sp³-hybridized carbons (Fsp3) is 0.167. The normalized spacial score (nSPS) is 10.4. The predicted molar refractivity (Wildman–Crippen MR) is 64.5 cm³/mol. The standard InChI is InChI=1S/C12H10O4S/c1-2-16-12(15)10(14)9-6-7-4-3-5-8(13)11(7)17-9/h3-6,13H,2H2,1H3. The van der Waals surface area contributed by atoms with E-state index in [0.29, 0.717) is 4.70 Å². The number of ketones is 1. The Hall–Kier alpha value is -1.88. The average molecular weight is 250 g/mol. The van der Waals surface area contributed by atoms with Crippen molar-refractivity contribution in [2.24, 2.45) is 0 Å². The molecule has 0 atom stereocenters. The Morgan fingerprint density at radius 3 is 2.82 bits per heavy atom. The fourth-order valence-corrected chi connectivity index (χ4v) is 2.46. The van der Waals surface area contributed by atoms with E-state index in [4.69, 9.17) is 0 Å². The van der Waals surface area contributed by atoms with Gasteiger partial charge in [-0.2, -0.15) is 0 Å². The summed E-state index contributed by atoms with van der Waals surface area (Å²) < 4.78 is 5.24. The van der Waals surface area contributed by atoms with Gasteiger partial charge in [-0.1, -0.05) is 12.1 Å². The van der Waals surface area contributed by atoms with Crippen LogP contribution in [0.2, 0.25) is 0 Å². The van der Waals surface area contributed by atoms with E-state index < -0.39 is 11.8 Å². The van der Waals surface area contributed by atoms with Gasteiger partial charge >= 0.3 is 5.97 Å². The number of phenols is 1.